The summed E-state index contributed by atoms with van der Waals surface area (Å²) in [6.07, 6.45) is 4.54. The van der Waals surface area contributed by atoms with Gasteiger partial charge < -0.3 is 4.57 Å². The lowest BCUT2D eigenvalue weighted by atomic mass is 10.3. The second-order valence-corrected chi connectivity index (χ2v) is 7.65. The number of hydrogen-bond acceptors (Lipinski definition) is 5. The average Bonchev–Trinajstić information content (AvgIpc) is 3.19. The summed E-state index contributed by atoms with van der Waals surface area (Å²) in [5.41, 5.74) is 0.920. The van der Waals surface area contributed by atoms with E-state index in [0.717, 1.165) is 21.6 Å². The standard InChI is InChI=1S/C17H12ClN3O3S2/c1-2-9-20-13-6-3-11(18)10-14(13)26-17(20)19-15(22)7-4-12-5-8-16(25-12)21(23)24/h2-8,10H,1,9H2. The van der Waals surface area contributed by atoms with Crippen molar-refractivity contribution in [2.24, 2.45) is 4.99 Å². The van der Waals surface area contributed by atoms with Gasteiger partial charge in [-0.2, -0.15) is 4.99 Å². The molecular formula is C17H12ClN3O3S2. The summed E-state index contributed by atoms with van der Waals surface area (Å²) in [4.78, 5) is 27.7. The van der Waals surface area contributed by atoms with Gasteiger partial charge in [0.25, 0.3) is 5.91 Å². The van der Waals surface area contributed by atoms with Crippen molar-refractivity contribution in [3.8, 4) is 0 Å². The Hall–Kier alpha value is -2.55. The molecule has 2 heterocycles. The largest absolute Gasteiger partial charge is 0.324 e. The molecule has 132 valence electrons. The van der Waals surface area contributed by atoms with Crippen LogP contribution in [0.5, 0.6) is 0 Å². The number of thiazole rings is 1. The van der Waals surface area contributed by atoms with Crippen LogP contribution < -0.4 is 4.80 Å². The summed E-state index contributed by atoms with van der Waals surface area (Å²) < 4.78 is 2.80. The summed E-state index contributed by atoms with van der Waals surface area (Å²) in [6.45, 7) is 4.24. The highest BCUT2D eigenvalue weighted by Crippen LogP contribution is 2.25. The first-order chi connectivity index (χ1) is 12.5. The molecule has 1 amide bonds. The highest BCUT2D eigenvalue weighted by Gasteiger charge is 2.09. The molecule has 1 aromatic carbocycles. The quantitative estimate of drug-likeness (QED) is 0.268. The highest BCUT2D eigenvalue weighted by molar-refractivity contribution is 7.16. The molecule has 0 aliphatic carbocycles. The van der Waals surface area contributed by atoms with Gasteiger partial charge in [0.1, 0.15) is 0 Å². The third-order valence-electron chi connectivity index (χ3n) is 3.35. The number of thiophene rings is 1. The number of benzene rings is 1. The Balaban J connectivity index is 1.93. The van der Waals surface area contributed by atoms with Crippen molar-refractivity contribution in [3.63, 3.8) is 0 Å². The number of carbonyl (C=O) groups excluding carboxylic acids is 1. The predicted molar refractivity (Wildman–Crippen MR) is 106 cm³/mol. The van der Waals surface area contributed by atoms with E-state index in [4.69, 9.17) is 11.6 Å². The molecule has 0 saturated heterocycles. The zero-order chi connectivity index (χ0) is 18.7. The summed E-state index contributed by atoms with van der Waals surface area (Å²) >= 11 is 8.38. The molecule has 3 rings (SSSR count). The molecule has 0 spiro atoms. The Bertz CT molecular complexity index is 1110. The van der Waals surface area contributed by atoms with Gasteiger partial charge in [-0.1, -0.05) is 40.4 Å². The number of nitro groups is 1. The molecule has 6 nitrogen and oxygen atoms in total. The van der Waals surface area contributed by atoms with E-state index in [1.54, 1.807) is 18.2 Å². The Kier molecular flexibility index (Phi) is 5.46. The van der Waals surface area contributed by atoms with Crippen LogP contribution >= 0.6 is 34.3 Å². The number of allylic oxidation sites excluding steroid dienone is 1. The molecule has 0 atom stereocenters. The second-order valence-electron chi connectivity index (χ2n) is 5.11. The van der Waals surface area contributed by atoms with Gasteiger partial charge in [-0.05, 0) is 30.3 Å². The second kappa shape index (κ2) is 7.77. The highest BCUT2D eigenvalue weighted by atomic mass is 35.5. The van der Waals surface area contributed by atoms with Gasteiger partial charge in [-0.15, -0.1) is 6.58 Å². The SMILES string of the molecule is C=CCn1c(=NC(=O)C=Cc2ccc([N+](=O)[O-])s2)sc2cc(Cl)ccc21. The van der Waals surface area contributed by atoms with E-state index in [2.05, 4.69) is 11.6 Å². The van der Waals surface area contributed by atoms with Crippen LogP contribution in [0.25, 0.3) is 16.3 Å². The number of carbonyl (C=O) groups is 1. The number of rotatable bonds is 5. The van der Waals surface area contributed by atoms with Crippen LogP contribution in [0, 0.1) is 10.1 Å². The molecule has 9 heteroatoms. The van der Waals surface area contributed by atoms with Crippen LogP contribution in [0.3, 0.4) is 0 Å². The van der Waals surface area contributed by atoms with Crippen LogP contribution in [0.4, 0.5) is 5.00 Å². The number of hydrogen-bond donors (Lipinski definition) is 0. The predicted octanol–water partition coefficient (Wildman–Crippen LogP) is 4.65. The summed E-state index contributed by atoms with van der Waals surface area (Å²) in [7, 11) is 0. The fourth-order valence-electron chi connectivity index (χ4n) is 2.25. The smallest absolute Gasteiger partial charge is 0.312 e. The minimum atomic E-state index is -0.464. The fourth-order valence-corrected chi connectivity index (χ4v) is 4.30. The average molecular weight is 406 g/mol. The minimum absolute atomic E-state index is 0.0271. The maximum atomic E-state index is 12.2. The molecule has 0 radical (unpaired) electrons. The molecule has 0 aliphatic heterocycles. The van der Waals surface area contributed by atoms with E-state index in [1.807, 2.05) is 16.7 Å². The topological polar surface area (TPSA) is 77.5 Å². The molecule has 0 fully saturated rings. The number of fused-ring (bicyclic) bond motifs is 1. The Morgan fingerprint density at radius 1 is 1.35 bits per heavy atom. The van der Waals surface area contributed by atoms with Crippen molar-refractivity contribution >= 4 is 61.5 Å². The van der Waals surface area contributed by atoms with Crippen molar-refractivity contribution in [1.29, 1.82) is 0 Å². The molecule has 2 aromatic heterocycles. The van der Waals surface area contributed by atoms with Gasteiger partial charge in [0.05, 0.1) is 15.1 Å². The maximum Gasteiger partial charge on any atom is 0.324 e. The van der Waals surface area contributed by atoms with Gasteiger partial charge in [0.15, 0.2) is 4.80 Å². The zero-order valence-electron chi connectivity index (χ0n) is 13.3. The zero-order valence-corrected chi connectivity index (χ0v) is 15.7. The third-order valence-corrected chi connectivity index (χ3v) is 5.62. The molecule has 0 aliphatic rings. The number of amides is 1. The van der Waals surface area contributed by atoms with Crippen LogP contribution in [0.15, 0.2) is 54.1 Å². The molecule has 0 saturated carbocycles. The van der Waals surface area contributed by atoms with Crippen LogP contribution in [-0.4, -0.2) is 15.4 Å². The summed E-state index contributed by atoms with van der Waals surface area (Å²) in [6, 6.07) is 8.48. The number of halogens is 1. The van der Waals surface area contributed by atoms with E-state index >= 15 is 0 Å². The van der Waals surface area contributed by atoms with E-state index in [9.17, 15) is 14.9 Å². The molecule has 26 heavy (non-hydrogen) atoms. The maximum absolute atomic E-state index is 12.2. The van der Waals surface area contributed by atoms with Crippen LogP contribution in [-0.2, 0) is 11.3 Å². The van der Waals surface area contributed by atoms with E-state index in [-0.39, 0.29) is 5.00 Å². The first kappa shape index (κ1) is 18.2. The first-order valence-electron chi connectivity index (χ1n) is 7.38. The van der Waals surface area contributed by atoms with E-state index < -0.39 is 10.8 Å². The monoisotopic (exact) mass is 405 g/mol. The number of aromatic nitrogens is 1. The summed E-state index contributed by atoms with van der Waals surface area (Å²) in [5.74, 6) is -0.448. The lowest BCUT2D eigenvalue weighted by molar-refractivity contribution is -0.380. The van der Waals surface area contributed by atoms with Gasteiger partial charge in [0, 0.05) is 28.6 Å². The molecule has 0 bridgehead atoms. The Labute approximate surface area is 161 Å². The summed E-state index contributed by atoms with van der Waals surface area (Å²) in [5, 5.41) is 11.3. The molecule has 0 unspecified atom stereocenters. The lowest BCUT2D eigenvalue weighted by Crippen LogP contribution is -2.15. The van der Waals surface area contributed by atoms with Crippen molar-refractivity contribution in [2.75, 3.05) is 0 Å². The third kappa shape index (κ3) is 3.98. The first-order valence-corrected chi connectivity index (χ1v) is 9.40. The van der Waals surface area contributed by atoms with Crippen LogP contribution in [0.2, 0.25) is 5.02 Å². The van der Waals surface area contributed by atoms with Gasteiger partial charge in [-0.25, -0.2) is 0 Å². The normalized spacial score (nSPS) is 12.1. The van der Waals surface area contributed by atoms with Crippen molar-refractivity contribution in [1.82, 2.24) is 4.57 Å². The van der Waals surface area contributed by atoms with Gasteiger partial charge in [0.2, 0.25) is 0 Å². The van der Waals surface area contributed by atoms with E-state index in [1.165, 1.54) is 29.6 Å². The van der Waals surface area contributed by atoms with E-state index in [0.29, 0.717) is 21.2 Å². The van der Waals surface area contributed by atoms with Gasteiger partial charge in [-0.3, -0.25) is 14.9 Å². The molecular weight excluding hydrogens is 394 g/mol. The van der Waals surface area contributed by atoms with Crippen molar-refractivity contribution in [2.45, 2.75) is 6.54 Å². The molecule has 0 N–H and O–H groups in total. The Morgan fingerprint density at radius 3 is 2.85 bits per heavy atom. The van der Waals surface area contributed by atoms with Crippen LogP contribution in [0.1, 0.15) is 4.88 Å². The number of nitrogens with zero attached hydrogens (tertiary/aromatic N) is 3. The van der Waals surface area contributed by atoms with Crippen molar-refractivity contribution < 1.29 is 9.72 Å². The fraction of sp³-hybridized carbons (Fsp3) is 0.0588. The van der Waals surface area contributed by atoms with Gasteiger partial charge >= 0.3 is 5.00 Å². The molecule has 3 aromatic rings. The lowest BCUT2D eigenvalue weighted by Gasteiger charge is -2.00. The van der Waals surface area contributed by atoms with Crippen molar-refractivity contribution in [3.05, 3.63) is 73.9 Å². The Morgan fingerprint density at radius 2 is 2.15 bits per heavy atom. The minimum Gasteiger partial charge on any atom is -0.312 e.